The molecule has 2 aliphatic rings. The summed E-state index contributed by atoms with van der Waals surface area (Å²) in [6.45, 7) is 6.66. The summed E-state index contributed by atoms with van der Waals surface area (Å²) >= 11 is 0. The van der Waals surface area contributed by atoms with E-state index in [1.165, 1.54) is 43.4 Å². The van der Waals surface area contributed by atoms with E-state index in [1.807, 2.05) is 11.9 Å². The van der Waals surface area contributed by atoms with Crippen molar-refractivity contribution in [3.05, 3.63) is 29.8 Å². The lowest BCUT2D eigenvalue weighted by Gasteiger charge is -2.37. The van der Waals surface area contributed by atoms with E-state index in [2.05, 4.69) is 41.0 Å². The molecule has 1 aliphatic heterocycles. The van der Waals surface area contributed by atoms with Crippen LogP contribution in [0.4, 0.5) is 5.69 Å². The summed E-state index contributed by atoms with van der Waals surface area (Å²) in [5, 5.41) is 0. The summed E-state index contributed by atoms with van der Waals surface area (Å²) in [5.74, 6) is 0.297. The third kappa shape index (κ3) is 4.29. The van der Waals surface area contributed by atoms with E-state index in [0.29, 0.717) is 18.5 Å². The van der Waals surface area contributed by atoms with Crippen LogP contribution in [0.25, 0.3) is 0 Å². The second-order valence-electron chi connectivity index (χ2n) is 7.40. The molecule has 0 unspecified atom stereocenters. The largest absolute Gasteiger partial charge is 0.369 e. The lowest BCUT2D eigenvalue weighted by molar-refractivity contribution is -0.133. The van der Waals surface area contributed by atoms with Crippen LogP contribution in [0.15, 0.2) is 24.3 Å². The van der Waals surface area contributed by atoms with Crippen LogP contribution >= 0.6 is 0 Å². The van der Waals surface area contributed by atoms with Crippen molar-refractivity contribution < 1.29 is 4.79 Å². The number of rotatable bonds is 4. The summed E-state index contributed by atoms with van der Waals surface area (Å²) in [6.07, 6.45) is 6.25. The Labute approximate surface area is 146 Å². The van der Waals surface area contributed by atoms with E-state index in [1.54, 1.807) is 0 Å². The molecule has 1 aliphatic carbocycles. The summed E-state index contributed by atoms with van der Waals surface area (Å²) in [4.78, 5) is 19.3. The Balaban J connectivity index is 1.47. The molecule has 4 nitrogen and oxygen atoms in total. The lowest BCUT2D eigenvalue weighted by atomic mass is 9.94. The maximum Gasteiger partial charge on any atom is 0.236 e. The van der Waals surface area contributed by atoms with Gasteiger partial charge in [-0.2, -0.15) is 0 Å². The molecule has 0 spiro atoms. The van der Waals surface area contributed by atoms with Gasteiger partial charge in [-0.05, 0) is 37.5 Å². The van der Waals surface area contributed by atoms with Crippen LogP contribution in [0.1, 0.15) is 37.7 Å². The first-order valence-electron chi connectivity index (χ1n) is 9.43. The second-order valence-corrected chi connectivity index (χ2v) is 7.40. The topological polar surface area (TPSA) is 26.8 Å². The van der Waals surface area contributed by atoms with Crippen LogP contribution in [-0.4, -0.2) is 61.5 Å². The van der Waals surface area contributed by atoms with Gasteiger partial charge in [-0.25, -0.2) is 0 Å². The van der Waals surface area contributed by atoms with Gasteiger partial charge < -0.3 is 9.80 Å². The van der Waals surface area contributed by atoms with Gasteiger partial charge in [-0.15, -0.1) is 0 Å². The van der Waals surface area contributed by atoms with Gasteiger partial charge in [-0.1, -0.05) is 31.4 Å². The Bertz CT molecular complexity index is 546. The van der Waals surface area contributed by atoms with Gasteiger partial charge in [0, 0.05) is 45.0 Å². The first-order chi connectivity index (χ1) is 11.6. The predicted molar refractivity (Wildman–Crippen MR) is 99.5 cm³/mol. The number of hydrogen-bond donors (Lipinski definition) is 0. The van der Waals surface area contributed by atoms with Crippen molar-refractivity contribution >= 4 is 11.6 Å². The van der Waals surface area contributed by atoms with Gasteiger partial charge in [0.25, 0.3) is 0 Å². The number of carbonyl (C=O) groups is 1. The number of benzene rings is 1. The Morgan fingerprint density at radius 3 is 2.50 bits per heavy atom. The maximum atomic E-state index is 12.6. The third-order valence-electron chi connectivity index (χ3n) is 5.61. The van der Waals surface area contributed by atoms with Crippen molar-refractivity contribution in [2.24, 2.45) is 0 Å². The Morgan fingerprint density at radius 2 is 1.83 bits per heavy atom. The first-order valence-corrected chi connectivity index (χ1v) is 9.43. The van der Waals surface area contributed by atoms with Crippen LogP contribution in [0, 0.1) is 6.92 Å². The van der Waals surface area contributed by atoms with Crippen LogP contribution < -0.4 is 4.90 Å². The number of piperazine rings is 1. The zero-order chi connectivity index (χ0) is 16.9. The number of aryl methyl sites for hydroxylation is 1. The molecule has 1 heterocycles. The zero-order valence-corrected chi connectivity index (χ0v) is 15.2. The number of likely N-dealkylation sites (N-methyl/N-ethyl adjacent to an activating group) is 1. The molecule has 3 rings (SSSR count). The Morgan fingerprint density at radius 1 is 1.12 bits per heavy atom. The fourth-order valence-corrected chi connectivity index (χ4v) is 3.96. The van der Waals surface area contributed by atoms with Gasteiger partial charge in [0.05, 0.1) is 6.54 Å². The van der Waals surface area contributed by atoms with E-state index in [4.69, 9.17) is 0 Å². The SMILES string of the molecule is Cc1cccc(N2CCN(CC(=O)N(C)C3CCCCC3)CC2)c1. The molecule has 1 aromatic rings. The number of amides is 1. The highest BCUT2D eigenvalue weighted by Crippen LogP contribution is 2.22. The molecular weight excluding hydrogens is 298 g/mol. The van der Waals surface area contributed by atoms with E-state index in [0.717, 1.165) is 26.2 Å². The standard InChI is InChI=1S/C20H31N3O/c1-17-7-6-10-19(15-17)23-13-11-22(12-14-23)16-20(24)21(2)18-8-4-3-5-9-18/h6-7,10,15,18H,3-5,8-9,11-14,16H2,1-2H3. The fraction of sp³-hybridized carbons (Fsp3) is 0.650. The molecule has 24 heavy (non-hydrogen) atoms. The molecule has 132 valence electrons. The van der Waals surface area contributed by atoms with Crippen molar-refractivity contribution in [3.63, 3.8) is 0 Å². The highest BCUT2D eigenvalue weighted by Gasteiger charge is 2.25. The summed E-state index contributed by atoms with van der Waals surface area (Å²) in [7, 11) is 2.00. The molecule has 0 bridgehead atoms. The number of hydrogen-bond acceptors (Lipinski definition) is 3. The maximum absolute atomic E-state index is 12.6. The minimum atomic E-state index is 0.297. The quantitative estimate of drug-likeness (QED) is 0.850. The average molecular weight is 329 g/mol. The smallest absolute Gasteiger partial charge is 0.236 e. The van der Waals surface area contributed by atoms with Gasteiger partial charge in [0.2, 0.25) is 5.91 Å². The van der Waals surface area contributed by atoms with Crippen LogP contribution in [0.3, 0.4) is 0 Å². The summed E-state index contributed by atoms with van der Waals surface area (Å²) < 4.78 is 0. The van der Waals surface area contributed by atoms with Crippen molar-refractivity contribution in [3.8, 4) is 0 Å². The fourth-order valence-electron chi connectivity index (χ4n) is 3.96. The molecule has 1 saturated heterocycles. The van der Waals surface area contributed by atoms with Gasteiger partial charge in [0.1, 0.15) is 0 Å². The van der Waals surface area contributed by atoms with Crippen LogP contribution in [0.5, 0.6) is 0 Å². The Kier molecular flexibility index (Phi) is 5.77. The van der Waals surface area contributed by atoms with E-state index < -0.39 is 0 Å². The van der Waals surface area contributed by atoms with Gasteiger partial charge in [-0.3, -0.25) is 9.69 Å². The molecule has 2 fully saturated rings. The highest BCUT2D eigenvalue weighted by atomic mass is 16.2. The van der Waals surface area contributed by atoms with Crippen molar-refractivity contribution in [1.29, 1.82) is 0 Å². The third-order valence-corrected chi connectivity index (χ3v) is 5.61. The second kappa shape index (κ2) is 8.02. The first kappa shape index (κ1) is 17.3. The van der Waals surface area contributed by atoms with Crippen molar-refractivity contribution in [1.82, 2.24) is 9.80 Å². The molecule has 0 aromatic heterocycles. The Hall–Kier alpha value is -1.55. The van der Waals surface area contributed by atoms with E-state index >= 15 is 0 Å². The molecule has 1 aromatic carbocycles. The minimum Gasteiger partial charge on any atom is -0.369 e. The molecule has 1 amide bonds. The molecule has 0 atom stereocenters. The highest BCUT2D eigenvalue weighted by molar-refractivity contribution is 5.78. The predicted octanol–water partition coefficient (Wildman–Crippen LogP) is 2.91. The minimum absolute atomic E-state index is 0.297. The number of carbonyl (C=O) groups excluding carboxylic acids is 1. The number of nitrogens with zero attached hydrogens (tertiary/aromatic N) is 3. The monoisotopic (exact) mass is 329 g/mol. The molecular formula is C20H31N3O. The van der Waals surface area contributed by atoms with Gasteiger partial charge >= 0.3 is 0 Å². The average Bonchev–Trinajstić information content (AvgIpc) is 2.62. The molecule has 1 saturated carbocycles. The van der Waals surface area contributed by atoms with E-state index in [9.17, 15) is 4.79 Å². The number of anilines is 1. The summed E-state index contributed by atoms with van der Waals surface area (Å²) in [5.41, 5.74) is 2.61. The normalized spacial score (nSPS) is 20.2. The van der Waals surface area contributed by atoms with Crippen molar-refractivity contribution in [2.45, 2.75) is 45.1 Å². The zero-order valence-electron chi connectivity index (χ0n) is 15.2. The van der Waals surface area contributed by atoms with Crippen LogP contribution in [-0.2, 0) is 4.79 Å². The van der Waals surface area contributed by atoms with Gasteiger partial charge in [0.15, 0.2) is 0 Å². The lowest BCUT2D eigenvalue weighted by Crippen LogP contribution is -2.51. The molecule has 4 heteroatoms. The summed E-state index contributed by atoms with van der Waals surface area (Å²) in [6, 6.07) is 9.17. The van der Waals surface area contributed by atoms with Crippen molar-refractivity contribution in [2.75, 3.05) is 44.7 Å². The van der Waals surface area contributed by atoms with Crippen LogP contribution in [0.2, 0.25) is 0 Å². The molecule has 0 radical (unpaired) electrons. The van der Waals surface area contributed by atoms with E-state index in [-0.39, 0.29) is 0 Å². The molecule has 0 N–H and O–H groups in total.